The molecule has 0 aromatic rings. The van der Waals surface area contributed by atoms with Crippen molar-refractivity contribution in [2.24, 2.45) is 17.8 Å². The van der Waals surface area contributed by atoms with Crippen LogP contribution in [0.5, 0.6) is 0 Å². The maximum absolute atomic E-state index is 12.6. The number of rotatable bonds is 1. The van der Waals surface area contributed by atoms with Gasteiger partial charge in [0.1, 0.15) is 5.54 Å². The molecule has 2 aliphatic carbocycles. The summed E-state index contributed by atoms with van der Waals surface area (Å²) in [7, 11) is 1.82. The van der Waals surface area contributed by atoms with E-state index in [2.05, 4.69) is 0 Å². The van der Waals surface area contributed by atoms with Gasteiger partial charge in [-0.25, -0.2) is 0 Å². The number of hydrogen-bond donors (Lipinski definition) is 0. The van der Waals surface area contributed by atoms with Crippen LogP contribution < -0.4 is 0 Å². The van der Waals surface area contributed by atoms with Crippen molar-refractivity contribution >= 4 is 11.8 Å². The molecule has 3 atom stereocenters. The van der Waals surface area contributed by atoms with Crippen LogP contribution in [0.15, 0.2) is 0 Å². The lowest BCUT2D eigenvalue weighted by molar-refractivity contribution is -0.158. The average Bonchev–Trinajstić information content (AvgIpc) is 2.79. The average molecular weight is 250 g/mol. The van der Waals surface area contributed by atoms with Crippen molar-refractivity contribution in [2.75, 3.05) is 20.1 Å². The highest BCUT2D eigenvalue weighted by atomic mass is 16.2. The summed E-state index contributed by atoms with van der Waals surface area (Å²) >= 11 is 0. The zero-order valence-electron chi connectivity index (χ0n) is 11.5. The number of carbonyl (C=O) groups is 2. The molecule has 2 amide bonds. The molecule has 3 fully saturated rings. The van der Waals surface area contributed by atoms with Gasteiger partial charge in [0.05, 0.1) is 0 Å². The largest absolute Gasteiger partial charge is 0.342 e. The van der Waals surface area contributed by atoms with Crippen molar-refractivity contribution in [1.29, 1.82) is 0 Å². The SMILES string of the molecule is CN1CCN(C(=O)C2[C@H]3CCC[C@@H]23)C(C)(C)C1=O. The molecule has 0 spiro atoms. The van der Waals surface area contributed by atoms with Crippen LogP contribution in [0.25, 0.3) is 0 Å². The van der Waals surface area contributed by atoms with Gasteiger partial charge in [-0.15, -0.1) is 0 Å². The zero-order valence-corrected chi connectivity index (χ0v) is 11.5. The Hall–Kier alpha value is -1.06. The van der Waals surface area contributed by atoms with Crippen molar-refractivity contribution in [3.05, 3.63) is 0 Å². The van der Waals surface area contributed by atoms with Gasteiger partial charge in [0.15, 0.2) is 0 Å². The number of nitrogens with zero attached hydrogens (tertiary/aromatic N) is 2. The molecular formula is C14H22N2O2. The van der Waals surface area contributed by atoms with Gasteiger partial charge in [0, 0.05) is 26.1 Å². The molecule has 3 aliphatic rings. The van der Waals surface area contributed by atoms with Crippen LogP contribution in [0.1, 0.15) is 33.1 Å². The first-order valence-corrected chi connectivity index (χ1v) is 7.01. The van der Waals surface area contributed by atoms with Crippen molar-refractivity contribution in [3.63, 3.8) is 0 Å². The van der Waals surface area contributed by atoms with Gasteiger partial charge >= 0.3 is 0 Å². The normalized spacial score (nSPS) is 37.7. The second-order valence-corrected chi connectivity index (χ2v) is 6.56. The summed E-state index contributed by atoms with van der Waals surface area (Å²) in [6.07, 6.45) is 3.70. The lowest BCUT2D eigenvalue weighted by Crippen LogP contribution is -2.64. The lowest BCUT2D eigenvalue weighted by Gasteiger charge is -2.45. The Morgan fingerprint density at radius 1 is 1.22 bits per heavy atom. The molecule has 1 aliphatic heterocycles. The topological polar surface area (TPSA) is 40.6 Å². The fourth-order valence-electron chi connectivity index (χ4n) is 3.97. The van der Waals surface area contributed by atoms with E-state index in [-0.39, 0.29) is 17.7 Å². The molecule has 0 N–H and O–H groups in total. The van der Waals surface area contributed by atoms with E-state index >= 15 is 0 Å². The molecule has 18 heavy (non-hydrogen) atoms. The van der Waals surface area contributed by atoms with Crippen molar-refractivity contribution < 1.29 is 9.59 Å². The summed E-state index contributed by atoms with van der Waals surface area (Å²) in [6.45, 7) is 5.10. The molecule has 3 rings (SSSR count). The van der Waals surface area contributed by atoms with Crippen LogP contribution in [0.2, 0.25) is 0 Å². The maximum atomic E-state index is 12.6. The highest BCUT2D eigenvalue weighted by molar-refractivity contribution is 5.93. The Kier molecular flexibility index (Phi) is 2.48. The van der Waals surface area contributed by atoms with E-state index in [9.17, 15) is 9.59 Å². The van der Waals surface area contributed by atoms with Crippen LogP contribution in [-0.4, -0.2) is 47.3 Å². The van der Waals surface area contributed by atoms with Crippen LogP contribution in [0, 0.1) is 17.8 Å². The molecule has 0 radical (unpaired) electrons. The number of piperazine rings is 1. The quantitative estimate of drug-likeness (QED) is 0.699. The van der Waals surface area contributed by atoms with Gasteiger partial charge in [-0.1, -0.05) is 6.42 Å². The molecular weight excluding hydrogens is 228 g/mol. The van der Waals surface area contributed by atoms with Crippen molar-refractivity contribution in [2.45, 2.75) is 38.6 Å². The van der Waals surface area contributed by atoms with E-state index in [1.807, 2.05) is 25.8 Å². The van der Waals surface area contributed by atoms with Crippen molar-refractivity contribution in [3.8, 4) is 0 Å². The predicted molar refractivity (Wildman–Crippen MR) is 67.8 cm³/mol. The van der Waals surface area contributed by atoms with Crippen LogP contribution in [0.3, 0.4) is 0 Å². The van der Waals surface area contributed by atoms with E-state index in [4.69, 9.17) is 0 Å². The summed E-state index contributed by atoms with van der Waals surface area (Å²) < 4.78 is 0. The molecule has 1 saturated heterocycles. The van der Waals surface area contributed by atoms with Gasteiger partial charge in [0.25, 0.3) is 0 Å². The van der Waals surface area contributed by atoms with E-state index < -0.39 is 5.54 Å². The maximum Gasteiger partial charge on any atom is 0.247 e. The van der Waals surface area contributed by atoms with Gasteiger partial charge in [-0.3, -0.25) is 9.59 Å². The van der Waals surface area contributed by atoms with Gasteiger partial charge < -0.3 is 9.80 Å². The van der Waals surface area contributed by atoms with Crippen LogP contribution in [-0.2, 0) is 9.59 Å². The van der Waals surface area contributed by atoms with E-state index in [1.54, 1.807) is 4.90 Å². The summed E-state index contributed by atoms with van der Waals surface area (Å²) in [4.78, 5) is 28.3. The minimum Gasteiger partial charge on any atom is -0.342 e. The number of carbonyl (C=O) groups excluding carboxylic acids is 2. The standard InChI is InChI=1S/C14H22N2O2/c1-14(2)13(18)15(3)7-8-16(14)12(17)11-9-5-4-6-10(9)11/h9-11H,4-8H2,1-3H3/t9-,10+,11?. The molecule has 4 nitrogen and oxygen atoms in total. The molecule has 4 heteroatoms. The first kappa shape index (κ1) is 12.0. The Morgan fingerprint density at radius 3 is 2.44 bits per heavy atom. The third kappa shape index (κ3) is 1.50. The number of likely N-dealkylation sites (N-methyl/N-ethyl adjacent to an activating group) is 1. The molecule has 100 valence electrons. The third-order valence-corrected chi connectivity index (χ3v) is 5.16. The highest BCUT2D eigenvalue weighted by Crippen LogP contribution is 2.58. The Bertz CT molecular complexity index is 395. The fourth-order valence-corrected chi connectivity index (χ4v) is 3.97. The minimum absolute atomic E-state index is 0.0629. The lowest BCUT2D eigenvalue weighted by atomic mass is 9.96. The molecule has 0 aromatic heterocycles. The van der Waals surface area contributed by atoms with Gasteiger partial charge in [0.2, 0.25) is 11.8 Å². The van der Waals surface area contributed by atoms with E-state index in [0.717, 1.165) is 0 Å². The second-order valence-electron chi connectivity index (χ2n) is 6.56. The molecule has 2 saturated carbocycles. The summed E-state index contributed by atoms with van der Waals surface area (Å²) in [5.41, 5.74) is -0.666. The second kappa shape index (κ2) is 3.72. The zero-order chi connectivity index (χ0) is 13.1. The first-order valence-electron chi connectivity index (χ1n) is 7.01. The summed E-state index contributed by atoms with van der Waals surface area (Å²) in [5.74, 6) is 1.78. The fraction of sp³-hybridized carbons (Fsp3) is 0.857. The van der Waals surface area contributed by atoms with E-state index in [0.29, 0.717) is 24.9 Å². The molecule has 1 unspecified atom stereocenters. The monoisotopic (exact) mass is 250 g/mol. The van der Waals surface area contributed by atoms with Crippen LogP contribution in [0.4, 0.5) is 0 Å². The molecule has 0 bridgehead atoms. The minimum atomic E-state index is -0.666. The molecule has 1 heterocycles. The van der Waals surface area contributed by atoms with E-state index in [1.165, 1.54) is 19.3 Å². The summed E-state index contributed by atoms with van der Waals surface area (Å²) in [5, 5.41) is 0. The molecule has 0 aromatic carbocycles. The number of fused-ring (bicyclic) bond motifs is 1. The Morgan fingerprint density at radius 2 is 1.83 bits per heavy atom. The Balaban J connectivity index is 1.76. The van der Waals surface area contributed by atoms with Crippen molar-refractivity contribution in [1.82, 2.24) is 9.80 Å². The third-order valence-electron chi connectivity index (χ3n) is 5.16. The highest BCUT2D eigenvalue weighted by Gasteiger charge is 2.59. The number of amides is 2. The Labute approximate surface area is 108 Å². The summed E-state index contributed by atoms with van der Waals surface area (Å²) in [6, 6.07) is 0. The predicted octanol–water partition coefficient (Wildman–Crippen LogP) is 1.11. The van der Waals surface area contributed by atoms with Gasteiger partial charge in [-0.2, -0.15) is 0 Å². The van der Waals surface area contributed by atoms with Crippen LogP contribution >= 0.6 is 0 Å². The first-order chi connectivity index (χ1) is 8.44. The smallest absolute Gasteiger partial charge is 0.247 e. The van der Waals surface area contributed by atoms with Gasteiger partial charge in [-0.05, 0) is 38.5 Å². The number of hydrogen-bond acceptors (Lipinski definition) is 2.